The van der Waals surface area contributed by atoms with Crippen LogP contribution in [0.25, 0.3) is 0 Å². The first-order chi connectivity index (χ1) is 38.5. The van der Waals surface area contributed by atoms with Gasteiger partial charge in [-0.2, -0.15) is 0 Å². The Morgan fingerprint density at radius 1 is 0.269 bits per heavy atom. The molecule has 0 aromatic heterocycles. The van der Waals surface area contributed by atoms with Crippen molar-refractivity contribution >= 4 is 17.9 Å². The maximum Gasteiger partial charge on any atom is 0.306 e. The van der Waals surface area contributed by atoms with E-state index in [-0.39, 0.29) is 31.1 Å². The lowest BCUT2D eigenvalue weighted by atomic mass is 10.1. The van der Waals surface area contributed by atoms with Crippen LogP contribution in [-0.2, 0) is 28.6 Å². The maximum absolute atomic E-state index is 12.9. The lowest BCUT2D eigenvalue weighted by molar-refractivity contribution is -0.167. The fraction of sp³-hybridized carbons (Fsp3) is 0.625. The van der Waals surface area contributed by atoms with Crippen LogP contribution in [0.15, 0.2) is 146 Å². The highest BCUT2D eigenvalue weighted by atomic mass is 16.6. The Morgan fingerprint density at radius 3 is 0.872 bits per heavy atom. The SMILES string of the molecule is CC/C=C\C/C=C\C/C=C\C/C=C\C/C=C\C/C=C\C/C=C\C/C=C\CCCCC(=O)OCC(COC(=O)CCCCCCC/C=C\CCC)OC(=O)CCCCCCCCCC/C=C\C/C=C\C/C=C\CCCCCCC. The molecule has 0 amide bonds. The summed E-state index contributed by atoms with van der Waals surface area (Å²) in [5.74, 6) is -0.970. The lowest BCUT2D eigenvalue weighted by Crippen LogP contribution is -2.30. The third-order valence-corrected chi connectivity index (χ3v) is 13.0. The van der Waals surface area contributed by atoms with Gasteiger partial charge in [0.15, 0.2) is 6.10 Å². The Labute approximate surface area is 480 Å². The third-order valence-electron chi connectivity index (χ3n) is 13.0. The van der Waals surface area contributed by atoms with Gasteiger partial charge in [0, 0.05) is 19.3 Å². The van der Waals surface area contributed by atoms with Gasteiger partial charge in [0.25, 0.3) is 0 Å². The van der Waals surface area contributed by atoms with E-state index in [2.05, 4.69) is 167 Å². The number of allylic oxidation sites excluding steroid dienone is 24. The molecule has 0 aliphatic rings. The summed E-state index contributed by atoms with van der Waals surface area (Å²) >= 11 is 0. The predicted molar refractivity (Wildman–Crippen MR) is 339 cm³/mol. The molecule has 0 radical (unpaired) electrons. The van der Waals surface area contributed by atoms with Crippen molar-refractivity contribution in [2.75, 3.05) is 13.2 Å². The fourth-order valence-corrected chi connectivity index (χ4v) is 8.29. The van der Waals surface area contributed by atoms with E-state index in [4.69, 9.17) is 14.2 Å². The van der Waals surface area contributed by atoms with Gasteiger partial charge < -0.3 is 14.2 Å². The van der Waals surface area contributed by atoms with Gasteiger partial charge in [-0.25, -0.2) is 0 Å². The van der Waals surface area contributed by atoms with Gasteiger partial charge in [-0.1, -0.05) is 256 Å². The van der Waals surface area contributed by atoms with Crippen molar-refractivity contribution in [2.24, 2.45) is 0 Å². The van der Waals surface area contributed by atoms with Crippen molar-refractivity contribution < 1.29 is 28.6 Å². The minimum absolute atomic E-state index is 0.105. The zero-order valence-electron chi connectivity index (χ0n) is 50.4. The molecule has 0 saturated heterocycles. The van der Waals surface area contributed by atoms with Crippen molar-refractivity contribution in [1.82, 2.24) is 0 Å². The molecular weight excluding hydrogens is 961 g/mol. The van der Waals surface area contributed by atoms with E-state index in [9.17, 15) is 14.4 Å². The van der Waals surface area contributed by atoms with E-state index in [0.29, 0.717) is 25.7 Å². The van der Waals surface area contributed by atoms with E-state index in [1.807, 2.05) is 0 Å². The molecule has 0 fully saturated rings. The molecule has 0 bridgehead atoms. The molecular formula is C72H116O6. The second-order valence-corrected chi connectivity index (χ2v) is 20.6. The van der Waals surface area contributed by atoms with Crippen LogP contribution in [-0.4, -0.2) is 37.2 Å². The first-order valence-corrected chi connectivity index (χ1v) is 31.8. The number of hydrogen-bond donors (Lipinski definition) is 0. The highest BCUT2D eigenvalue weighted by molar-refractivity contribution is 5.71. The number of carbonyl (C=O) groups is 3. The number of carbonyl (C=O) groups excluding carboxylic acids is 3. The van der Waals surface area contributed by atoms with Crippen LogP contribution < -0.4 is 0 Å². The molecule has 78 heavy (non-hydrogen) atoms. The van der Waals surface area contributed by atoms with Gasteiger partial charge in [-0.15, -0.1) is 0 Å². The van der Waals surface area contributed by atoms with Crippen LogP contribution in [0.2, 0.25) is 0 Å². The van der Waals surface area contributed by atoms with Crippen LogP contribution in [0.5, 0.6) is 0 Å². The summed E-state index contributed by atoms with van der Waals surface area (Å²) in [5, 5.41) is 0. The highest BCUT2D eigenvalue weighted by Crippen LogP contribution is 2.14. The predicted octanol–water partition coefficient (Wildman–Crippen LogP) is 21.9. The van der Waals surface area contributed by atoms with Gasteiger partial charge in [-0.3, -0.25) is 14.4 Å². The van der Waals surface area contributed by atoms with Crippen molar-refractivity contribution in [2.45, 2.75) is 277 Å². The van der Waals surface area contributed by atoms with E-state index in [1.165, 1.54) is 83.5 Å². The average Bonchev–Trinajstić information content (AvgIpc) is 3.44. The first-order valence-electron chi connectivity index (χ1n) is 31.8. The first kappa shape index (κ1) is 73.3. The minimum atomic E-state index is -0.810. The number of ether oxygens (including phenoxy) is 3. The molecule has 0 rings (SSSR count). The monoisotopic (exact) mass is 1080 g/mol. The molecule has 1 atom stereocenters. The van der Waals surface area contributed by atoms with E-state index >= 15 is 0 Å². The summed E-state index contributed by atoms with van der Waals surface area (Å²) in [6, 6.07) is 0. The smallest absolute Gasteiger partial charge is 0.306 e. The summed E-state index contributed by atoms with van der Waals surface area (Å²) in [6.45, 7) is 6.40. The van der Waals surface area contributed by atoms with Crippen molar-refractivity contribution in [3.8, 4) is 0 Å². The molecule has 0 spiro atoms. The standard InChI is InChI=1S/C72H116O6/c1-4-7-10-13-16-19-22-24-26-28-30-32-34-35-36-37-39-40-42-44-46-48-50-53-56-59-62-65-71(74)77-68-69(67-76-70(73)64-61-58-55-52-21-18-15-12-9-6-3)78-72(75)66-63-60-57-54-51-49-47-45-43-41-38-33-31-29-27-25-23-20-17-14-11-8-5-2/h7,10,12,15-16,19,23-26,29-32,35-36,38-41,44,46,50,53,69H,4-6,8-9,11,13-14,17-18,20-22,27-28,33-34,37,42-43,45,47-49,51-52,54-68H2,1-3H3/b10-7-,15-12-,19-16-,25-23-,26-24-,31-29-,32-30-,36-35-,40-39-,41-38-,46-44-,53-50-. The van der Waals surface area contributed by atoms with Crippen LogP contribution in [0.4, 0.5) is 0 Å². The van der Waals surface area contributed by atoms with Crippen LogP contribution >= 0.6 is 0 Å². The van der Waals surface area contributed by atoms with Crippen molar-refractivity contribution in [3.05, 3.63) is 146 Å². The third kappa shape index (κ3) is 62.1. The van der Waals surface area contributed by atoms with Crippen molar-refractivity contribution in [3.63, 3.8) is 0 Å². The van der Waals surface area contributed by atoms with Crippen LogP contribution in [0.1, 0.15) is 271 Å². The Kier molecular flexibility index (Phi) is 60.9. The topological polar surface area (TPSA) is 78.9 Å². The number of esters is 3. The number of unbranched alkanes of at least 4 members (excludes halogenated alkanes) is 21. The van der Waals surface area contributed by atoms with Crippen molar-refractivity contribution in [1.29, 1.82) is 0 Å². The summed E-state index contributed by atoms with van der Waals surface area (Å²) in [6.07, 6.45) is 92.9. The molecule has 0 heterocycles. The lowest BCUT2D eigenvalue weighted by Gasteiger charge is -2.18. The molecule has 1 unspecified atom stereocenters. The summed E-state index contributed by atoms with van der Waals surface area (Å²) in [5.41, 5.74) is 0. The van der Waals surface area contributed by atoms with Gasteiger partial charge in [0.1, 0.15) is 13.2 Å². The molecule has 0 aliphatic carbocycles. The fourth-order valence-electron chi connectivity index (χ4n) is 8.29. The molecule has 0 N–H and O–H groups in total. The Hall–Kier alpha value is -4.71. The largest absolute Gasteiger partial charge is 0.462 e. The minimum Gasteiger partial charge on any atom is -0.462 e. The molecule has 0 aliphatic heterocycles. The van der Waals surface area contributed by atoms with Gasteiger partial charge >= 0.3 is 17.9 Å². The molecule has 6 nitrogen and oxygen atoms in total. The summed E-state index contributed by atoms with van der Waals surface area (Å²) in [7, 11) is 0. The average molecular weight is 1080 g/mol. The van der Waals surface area contributed by atoms with Crippen LogP contribution in [0, 0.1) is 0 Å². The second kappa shape index (κ2) is 64.8. The number of rotatable bonds is 56. The molecule has 0 aromatic carbocycles. The van der Waals surface area contributed by atoms with Crippen LogP contribution in [0.3, 0.4) is 0 Å². The zero-order valence-corrected chi connectivity index (χ0v) is 50.4. The van der Waals surface area contributed by atoms with E-state index in [1.54, 1.807) is 0 Å². The molecule has 6 heteroatoms. The normalized spacial score (nSPS) is 13.1. The van der Waals surface area contributed by atoms with E-state index in [0.717, 1.165) is 141 Å². The maximum atomic E-state index is 12.9. The summed E-state index contributed by atoms with van der Waals surface area (Å²) < 4.78 is 16.8. The Balaban J connectivity index is 4.40. The Morgan fingerprint density at radius 2 is 0.526 bits per heavy atom. The zero-order chi connectivity index (χ0) is 56.4. The van der Waals surface area contributed by atoms with Gasteiger partial charge in [-0.05, 0) is 141 Å². The van der Waals surface area contributed by atoms with E-state index < -0.39 is 6.10 Å². The second-order valence-electron chi connectivity index (χ2n) is 20.6. The quantitative estimate of drug-likeness (QED) is 0.0261. The van der Waals surface area contributed by atoms with Gasteiger partial charge in [0.05, 0.1) is 0 Å². The molecule has 0 aromatic rings. The Bertz CT molecular complexity index is 1710. The van der Waals surface area contributed by atoms with Gasteiger partial charge in [0.2, 0.25) is 0 Å². The highest BCUT2D eigenvalue weighted by Gasteiger charge is 2.19. The molecule has 0 saturated carbocycles. The molecule has 440 valence electrons. The summed E-state index contributed by atoms with van der Waals surface area (Å²) in [4.78, 5) is 38.2. The number of hydrogen-bond acceptors (Lipinski definition) is 6.